The number of nitrogens with one attached hydrogen (secondary N) is 1. The van der Waals surface area contributed by atoms with Crippen molar-refractivity contribution in [3.63, 3.8) is 0 Å². The van der Waals surface area contributed by atoms with Crippen LogP contribution in [0.4, 0.5) is 5.69 Å². The first kappa shape index (κ1) is 14.4. The number of carbonyl (C=O) groups is 1. The van der Waals surface area contributed by atoms with Gasteiger partial charge in [0.05, 0.1) is 11.6 Å². The number of hydrogen-bond acceptors (Lipinski definition) is 4. The molecule has 1 aliphatic heterocycles. The molecule has 1 aromatic heterocycles. The highest BCUT2D eigenvalue weighted by Gasteiger charge is 2.25. The van der Waals surface area contributed by atoms with Crippen LogP contribution >= 0.6 is 0 Å². The zero-order valence-corrected chi connectivity index (χ0v) is 12.9. The Balaban J connectivity index is 1.43. The first-order chi connectivity index (χ1) is 11.8. The molecule has 1 amide bonds. The summed E-state index contributed by atoms with van der Waals surface area (Å²) in [7, 11) is 0. The zero-order valence-electron chi connectivity index (χ0n) is 12.9. The molecule has 1 atom stereocenters. The lowest BCUT2D eigenvalue weighted by Gasteiger charge is -2.24. The first-order valence-electron chi connectivity index (χ1n) is 7.76. The van der Waals surface area contributed by atoms with Gasteiger partial charge < -0.3 is 10.1 Å². The van der Waals surface area contributed by atoms with Crippen molar-refractivity contribution in [2.24, 2.45) is 5.92 Å². The minimum atomic E-state index is -0.185. The number of para-hydroxylation sites is 1. The fourth-order valence-corrected chi connectivity index (χ4v) is 2.78. The average Bonchev–Trinajstić information content (AvgIpc) is 3.16. The van der Waals surface area contributed by atoms with Gasteiger partial charge in [-0.15, -0.1) is 0 Å². The van der Waals surface area contributed by atoms with Crippen LogP contribution in [0.25, 0.3) is 5.69 Å². The standard InChI is InChI=1S/C18H16N4O2/c23-18(14-9-13-3-1-2-4-17(13)24-10-14)21-15-5-7-16(8-6-15)22-12-19-11-20-22/h1-8,11-12,14H,9-10H2,(H,21,23). The minimum Gasteiger partial charge on any atom is -0.492 e. The highest BCUT2D eigenvalue weighted by molar-refractivity contribution is 5.93. The number of benzene rings is 2. The monoisotopic (exact) mass is 320 g/mol. The van der Waals surface area contributed by atoms with Crippen molar-refractivity contribution in [3.05, 3.63) is 66.7 Å². The van der Waals surface area contributed by atoms with E-state index in [1.54, 1.807) is 11.0 Å². The molecule has 2 aromatic carbocycles. The van der Waals surface area contributed by atoms with Crippen molar-refractivity contribution in [1.82, 2.24) is 14.8 Å². The van der Waals surface area contributed by atoms with E-state index >= 15 is 0 Å². The van der Waals surface area contributed by atoms with Crippen molar-refractivity contribution >= 4 is 11.6 Å². The van der Waals surface area contributed by atoms with Crippen LogP contribution in [-0.2, 0) is 11.2 Å². The van der Waals surface area contributed by atoms with E-state index in [0.717, 1.165) is 22.7 Å². The molecular weight excluding hydrogens is 304 g/mol. The summed E-state index contributed by atoms with van der Waals surface area (Å²) in [6.07, 6.45) is 3.81. The molecule has 1 unspecified atom stereocenters. The smallest absolute Gasteiger partial charge is 0.231 e. The third kappa shape index (κ3) is 2.86. The summed E-state index contributed by atoms with van der Waals surface area (Å²) in [4.78, 5) is 16.4. The van der Waals surface area contributed by atoms with E-state index in [1.807, 2.05) is 48.5 Å². The van der Waals surface area contributed by atoms with E-state index in [-0.39, 0.29) is 11.8 Å². The van der Waals surface area contributed by atoms with Crippen molar-refractivity contribution in [2.75, 3.05) is 11.9 Å². The Morgan fingerprint density at radius 3 is 2.79 bits per heavy atom. The van der Waals surface area contributed by atoms with E-state index in [1.165, 1.54) is 6.33 Å². The molecule has 3 aromatic rings. The van der Waals surface area contributed by atoms with Gasteiger partial charge in [-0.25, -0.2) is 9.67 Å². The molecule has 4 rings (SSSR count). The number of nitrogens with zero attached hydrogens (tertiary/aromatic N) is 3. The van der Waals surface area contributed by atoms with Crippen LogP contribution in [0.1, 0.15) is 5.56 Å². The van der Waals surface area contributed by atoms with Crippen LogP contribution < -0.4 is 10.1 Å². The topological polar surface area (TPSA) is 69.0 Å². The molecule has 0 radical (unpaired) electrons. The Labute approximate surface area is 139 Å². The fourth-order valence-electron chi connectivity index (χ4n) is 2.78. The van der Waals surface area contributed by atoms with Gasteiger partial charge >= 0.3 is 0 Å². The van der Waals surface area contributed by atoms with Gasteiger partial charge in [0.1, 0.15) is 25.0 Å². The van der Waals surface area contributed by atoms with Crippen molar-refractivity contribution in [3.8, 4) is 11.4 Å². The average molecular weight is 320 g/mol. The lowest BCUT2D eigenvalue weighted by atomic mass is 9.96. The summed E-state index contributed by atoms with van der Waals surface area (Å²) < 4.78 is 7.35. The van der Waals surface area contributed by atoms with Crippen LogP contribution in [0.5, 0.6) is 5.75 Å². The molecule has 6 heteroatoms. The van der Waals surface area contributed by atoms with E-state index < -0.39 is 0 Å². The molecule has 1 aliphatic rings. The zero-order chi connectivity index (χ0) is 16.4. The van der Waals surface area contributed by atoms with Crippen LogP contribution in [0, 0.1) is 5.92 Å². The highest BCUT2D eigenvalue weighted by Crippen LogP contribution is 2.27. The SMILES string of the molecule is O=C(Nc1ccc(-n2cncn2)cc1)C1COc2ccccc2C1. The van der Waals surface area contributed by atoms with Gasteiger partial charge in [0.2, 0.25) is 5.91 Å². The maximum absolute atomic E-state index is 12.5. The summed E-state index contributed by atoms with van der Waals surface area (Å²) in [5.74, 6) is 0.659. The van der Waals surface area contributed by atoms with E-state index in [9.17, 15) is 4.79 Å². The second-order valence-corrected chi connectivity index (χ2v) is 5.70. The number of rotatable bonds is 3. The van der Waals surface area contributed by atoms with Gasteiger partial charge in [0, 0.05) is 5.69 Å². The first-order valence-corrected chi connectivity index (χ1v) is 7.76. The van der Waals surface area contributed by atoms with Gasteiger partial charge in [-0.2, -0.15) is 5.10 Å². The molecule has 0 bridgehead atoms. The molecule has 0 saturated heterocycles. The predicted octanol–water partition coefficient (Wildman–Crippen LogP) is 2.46. The van der Waals surface area contributed by atoms with Gasteiger partial charge in [0.25, 0.3) is 0 Å². The number of carbonyl (C=O) groups excluding carboxylic acids is 1. The summed E-state index contributed by atoms with van der Waals surface area (Å²) in [6.45, 7) is 0.403. The molecule has 0 spiro atoms. The normalized spacial score (nSPS) is 16.1. The molecule has 0 saturated carbocycles. The number of amides is 1. The predicted molar refractivity (Wildman–Crippen MR) is 89.1 cm³/mol. The van der Waals surface area contributed by atoms with Gasteiger partial charge in [0.15, 0.2) is 0 Å². The molecule has 6 nitrogen and oxygen atoms in total. The van der Waals surface area contributed by atoms with Crippen LogP contribution in [0.15, 0.2) is 61.2 Å². The maximum atomic E-state index is 12.5. The Hall–Kier alpha value is -3.15. The number of hydrogen-bond donors (Lipinski definition) is 1. The Bertz CT molecular complexity index is 844. The molecule has 24 heavy (non-hydrogen) atoms. The number of fused-ring (bicyclic) bond motifs is 1. The van der Waals surface area contributed by atoms with Crippen molar-refractivity contribution < 1.29 is 9.53 Å². The molecular formula is C18H16N4O2. The molecule has 2 heterocycles. The van der Waals surface area contributed by atoms with E-state index in [0.29, 0.717) is 13.0 Å². The molecule has 0 aliphatic carbocycles. The fraction of sp³-hybridized carbons (Fsp3) is 0.167. The van der Waals surface area contributed by atoms with Gasteiger partial charge in [-0.05, 0) is 42.3 Å². The van der Waals surface area contributed by atoms with E-state index in [2.05, 4.69) is 15.4 Å². The quantitative estimate of drug-likeness (QED) is 0.805. The summed E-state index contributed by atoms with van der Waals surface area (Å²) in [5, 5.41) is 7.02. The highest BCUT2D eigenvalue weighted by atomic mass is 16.5. The lowest BCUT2D eigenvalue weighted by molar-refractivity contribution is -0.121. The minimum absolute atomic E-state index is 0.0296. The van der Waals surface area contributed by atoms with Crippen LogP contribution in [0.3, 0.4) is 0 Å². The van der Waals surface area contributed by atoms with Crippen molar-refractivity contribution in [2.45, 2.75) is 6.42 Å². The number of ether oxygens (including phenoxy) is 1. The summed E-state index contributed by atoms with van der Waals surface area (Å²) in [5.41, 5.74) is 2.72. The Morgan fingerprint density at radius 2 is 2.00 bits per heavy atom. The molecule has 120 valence electrons. The molecule has 0 fully saturated rings. The maximum Gasteiger partial charge on any atom is 0.231 e. The van der Waals surface area contributed by atoms with Crippen LogP contribution in [-0.4, -0.2) is 27.3 Å². The van der Waals surface area contributed by atoms with Gasteiger partial charge in [-0.3, -0.25) is 4.79 Å². The molecule has 1 N–H and O–H groups in total. The third-order valence-corrected chi connectivity index (χ3v) is 4.07. The summed E-state index contributed by atoms with van der Waals surface area (Å²) >= 11 is 0. The number of aromatic nitrogens is 3. The summed E-state index contributed by atoms with van der Waals surface area (Å²) in [6, 6.07) is 15.3. The van der Waals surface area contributed by atoms with Crippen molar-refractivity contribution in [1.29, 1.82) is 0 Å². The van der Waals surface area contributed by atoms with Gasteiger partial charge in [-0.1, -0.05) is 18.2 Å². The van der Waals surface area contributed by atoms with Crippen LogP contribution in [0.2, 0.25) is 0 Å². The lowest BCUT2D eigenvalue weighted by Crippen LogP contribution is -2.32. The number of anilines is 1. The second kappa shape index (κ2) is 6.16. The Morgan fingerprint density at radius 1 is 1.17 bits per heavy atom. The largest absolute Gasteiger partial charge is 0.492 e. The Kier molecular flexibility index (Phi) is 3.70. The third-order valence-electron chi connectivity index (χ3n) is 4.07. The second-order valence-electron chi connectivity index (χ2n) is 5.70. The van der Waals surface area contributed by atoms with E-state index in [4.69, 9.17) is 4.74 Å².